The van der Waals surface area contributed by atoms with Gasteiger partial charge in [-0.15, -0.1) is 16.8 Å². The fraction of sp³-hybridized carbons (Fsp3) is 0.455. The second kappa shape index (κ2) is 5.79. The third kappa shape index (κ3) is 2.84. The molecule has 0 spiro atoms. The third-order valence-electron chi connectivity index (χ3n) is 2.65. The normalized spacial score (nSPS) is 28.0. The molecule has 2 rings (SSSR count). The highest BCUT2D eigenvalue weighted by Gasteiger charge is 2.34. The Balaban J connectivity index is 2.18. The molecule has 102 valence electrons. The van der Waals surface area contributed by atoms with Gasteiger partial charge in [0, 0.05) is 13.6 Å². The summed E-state index contributed by atoms with van der Waals surface area (Å²) in [6.07, 6.45) is 1.65. The highest BCUT2D eigenvalue weighted by molar-refractivity contribution is 8.15. The van der Waals surface area contributed by atoms with Gasteiger partial charge in [0.05, 0.1) is 11.0 Å². The van der Waals surface area contributed by atoms with Gasteiger partial charge in [0.25, 0.3) is 0 Å². The maximum absolute atomic E-state index is 11.9. The Kier molecular flexibility index (Phi) is 4.31. The smallest absolute Gasteiger partial charge is 0.242 e. The van der Waals surface area contributed by atoms with Crippen molar-refractivity contribution >= 4 is 45.7 Å². The van der Waals surface area contributed by atoms with Gasteiger partial charge in [0.15, 0.2) is 10.3 Å². The van der Waals surface area contributed by atoms with Crippen LogP contribution in [-0.4, -0.2) is 56.5 Å². The van der Waals surface area contributed by atoms with E-state index in [4.69, 9.17) is 0 Å². The largest absolute Gasteiger partial charge is 0.292 e. The van der Waals surface area contributed by atoms with Crippen molar-refractivity contribution in [2.24, 2.45) is 10.2 Å². The fourth-order valence-corrected chi connectivity index (χ4v) is 3.33. The lowest BCUT2D eigenvalue weighted by Crippen LogP contribution is -2.31. The van der Waals surface area contributed by atoms with Gasteiger partial charge in [-0.2, -0.15) is 0 Å². The zero-order chi connectivity index (χ0) is 14.0. The van der Waals surface area contributed by atoms with Crippen LogP contribution in [0.25, 0.3) is 0 Å². The Bertz CT molecular complexity index is 489. The highest BCUT2D eigenvalue weighted by Crippen LogP contribution is 2.27. The summed E-state index contributed by atoms with van der Waals surface area (Å²) in [5, 5.41) is 9.12. The lowest BCUT2D eigenvalue weighted by Gasteiger charge is -2.12. The van der Waals surface area contributed by atoms with Crippen molar-refractivity contribution in [2.45, 2.75) is 12.2 Å². The topological polar surface area (TPSA) is 65.3 Å². The summed E-state index contributed by atoms with van der Waals surface area (Å²) >= 11 is 2.71. The van der Waals surface area contributed by atoms with Crippen LogP contribution in [0.5, 0.6) is 0 Å². The predicted octanol–water partition coefficient (Wildman–Crippen LogP) is 0.968. The second-order valence-corrected chi connectivity index (χ2v) is 6.25. The van der Waals surface area contributed by atoms with E-state index >= 15 is 0 Å². The Labute approximate surface area is 120 Å². The number of rotatable bonds is 3. The van der Waals surface area contributed by atoms with E-state index < -0.39 is 0 Å². The third-order valence-corrected chi connectivity index (χ3v) is 4.72. The number of amidine groups is 2. The van der Waals surface area contributed by atoms with E-state index in [1.54, 1.807) is 18.0 Å². The van der Waals surface area contributed by atoms with E-state index in [-0.39, 0.29) is 17.1 Å². The summed E-state index contributed by atoms with van der Waals surface area (Å²) in [7, 11) is 1.67. The van der Waals surface area contributed by atoms with Crippen LogP contribution in [0.2, 0.25) is 0 Å². The number of nitrogens with zero attached hydrogens (tertiary/aromatic N) is 4. The maximum atomic E-state index is 11.9. The van der Waals surface area contributed by atoms with E-state index in [9.17, 15) is 9.59 Å². The Morgan fingerprint density at radius 3 is 2.68 bits per heavy atom. The maximum Gasteiger partial charge on any atom is 0.242 e. The molecule has 0 aromatic rings. The van der Waals surface area contributed by atoms with Gasteiger partial charge >= 0.3 is 0 Å². The molecule has 2 fully saturated rings. The Morgan fingerprint density at radius 1 is 1.42 bits per heavy atom. The Morgan fingerprint density at radius 2 is 2.11 bits per heavy atom. The molecule has 2 amide bonds. The van der Waals surface area contributed by atoms with Gasteiger partial charge in [-0.1, -0.05) is 29.6 Å². The van der Waals surface area contributed by atoms with E-state index in [1.807, 2.05) is 6.92 Å². The van der Waals surface area contributed by atoms with Crippen molar-refractivity contribution in [3.05, 3.63) is 12.7 Å². The molecular formula is C11H14N4O2S2. The van der Waals surface area contributed by atoms with Gasteiger partial charge in [0.2, 0.25) is 11.8 Å². The minimum absolute atomic E-state index is 0.00681. The van der Waals surface area contributed by atoms with Crippen LogP contribution in [0.1, 0.15) is 6.92 Å². The predicted molar refractivity (Wildman–Crippen MR) is 79.1 cm³/mol. The highest BCUT2D eigenvalue weighted by atomic mass is 32.2. The van der Waals surface area contributed by atoms with E-state index in [1.165, 1.54) is 28.4 Å². The van der Waals surface area contributed by atoms with Crippen LogP contribution < -0.4 is 0 Å². The number of hydrogen-bond donors (Lipinski definition) is 0. The lowest BCUT2D eigenvalue weighted by atomic mass is 10.4. The van der Waals surface area contributed by atoms with Crippen LogP contribution in [0.3, 0.4) is 0 Å². The molecule has 2 aliphatic heterocycles. The number of hydrogen-bond acceptors (Lipinski definition) is 6. The number of carbonyl (C=O) groups excluding carboxylic acids is 2. The molecule has 0 saturated carbocycles. The summed E-state index contributed by atoms with van der Waals surface area (Å²) < 4.78 is 0. The molecule has 19 heavy (non-hydrogen) atoms. The first-order valence-corrected chi connectivity index (χ1v) is 7.55. The minimum atomic E-state index is -0.158. The summed E-state index contributed by atoms with van der Waals surface area (Å²) in [6, 6.07) is 0. The van der Waals surface area contributed by atoms with Crippen molar-refractivity contribution in [2.75, 3.05) is 19.3 Å². The summed E-state index contributed by atoms with van der Waals surface area (Å²) in [6.45, 7) is 5.88. The molecule has 0 N–H and O–H groups in total. The molecule has 2 saturated heterocycles. The van der Waals surface area contributed by atoms with E-state index in [0.29, 0.717) is 22.6 Å². The van der Waals surface area contributed by atoms with Crippen LogP contribution >= 0.6 is 23.5 Å². The van der Waals surface area contributed by atoms with Crippen molar-refractivity contribution in [3.8, 4) is 0 Å². The fourth-order valence-electron chi connectivity index (χ4n) is 1.57. The molecule has 6 nitrogen and oxygen atoms in total. The zero-order valence-corrected chi connectivity index (χ0v) is 12.3. The summed E-state index contributed by atoms with van der Waals surface area (Å²) in [5.41, 5.74) is 0. The number of carbonyl (C=O) groups is 2. The Hall–Kier alpha value is -1.28. The average molecular weight is 298 g/mol. The van der Waals surface area contributed by atoms with Crippen molar-refractivity contribution in [1.29, 1.82) is 0 Å². The first kappa shape index (κ1) is 14.1. The van der Waals surface area contributed by atoms with E-state index in [0.717, 1.165) is 0 Å². The first-order chi connectivity index (χ1) is 9.04. The molecule has 1 unspecified atom stereocenters. The molecule has 0 aromatic heterocycles. The van der Waals surface area contributed by atoms with Gasteiger partial charge in [-0.3, -0.25) is 19.4 Å². The van der Waals surface area contributed by atoms with Crippen LogP contribution in [0, 0.1) is 0 Å². The monoisotopic (exact) mass is 298 g/mol. The second-order valence-electron chi connectivity index (χ2n) is 4.00. The summed E-state index contributed by atoms with van der Waals surface area (Å²) in [5.74, 6) is 0.404. The first-order valence-electron chi connectivity index (χ1n) is 5.68. The standard InChI is InChI=1S/C11H14N4O2S2/c1-4-5-15-9(17)7(2)19-11(15)13-12-10-14(3)8(16)6-18-10/h4,7H,1,5-6H2,2-3H3. The molecule has 1 atom stereocenters. The van der Waals surface area contributed by atoms with Gasteiger partial charge in [-0.05, 0) is 6.92 Å². The van der Waals surface area contributed by atoms with Gasteiger partial charge < -0.3 is 0 Å². The molecule has 0 aromatic carbocycles. The van der Waals surface area contributed by atoms with Gasteiger partial charge in [-0.25, -0.2) is 0 Å². The van der Waals surface area contributed by atoms with Crippen molar-refractivity contribution < 1.29 is 9.59 Å². The van der Waals surface area contributed by atoms with E-state index in [2.05, 4.69) is 16.8 Å². The molecule has 0 radical (unpaired) electrons. The molecule has 2 aliphatic rings. The number of amides is 2. The molecule has 0 aliphatic carbocycles. The van der Waals surface area contributed by atoms with Crippen LogP contribution in [0.4, 0.5) is 0 Å². The molecule has 0 bridgehead atoms. The van der Waals surface area contributed by atoms with Crippen LogP contribution in [0.15, 0.2) is 22.9 Å². The molecule has 8 heteroatoms. The summed E-state index contributed by atoms with van der Waals surface area (Å²) in [4.78, 5) is 26.2. The van der Waals surface area contributed by atoms with Gasteiger partial charge in [0.1, 0.15) is 0 Å². The lowest BCUT2D eigenvalue weighted by molar-refractivity contribution is -0.125. The number of thioether (sulfide) groups is 2. The van der Waals surface area contributed by atoms with Crippen LogP contribution in [-0.2, 0) is 9.59 Å². The van der Waals surface area contributed by atoms with Crippen molar-refractivity contribution in [1.82, 2.24) is 9.80 Å². The van der Waals surface area contributed by atoms with Crippen molar-refractivity contribution in [3.63, 3.8) is 0 Å². The average Bonchev–Trinajstić information content (AvgIpc) is 2.84. The zero-order valence-electron chi connectivity index (χ0n) is 10.7. The molecular weight excluding hydrogens is 284 g/mol. The minimum Gasteiger partial charge on any atom is -0.292 e. The molecule has 2 heterocycles. The quantitative estimate of drug-likeness (QED) is 0.575. The SMILES string of the molecule is C=CCN1C(=O)C(C)SC1=NN=C1SCC(=O)N1C.